The summed E-state index contributed by atoms with van der Waals surface area (Å²) in [5.41, 5.74) is 0. The molecule has 0 aromatic heterocycles. The van der Waals surface area contributed by atoms with Crippen molar-refractivity contribution in [1.29, 1.82) is 0 Å². The molecular weight excluding hydrogens is 275 g/mol. The molecule has 0 unspecified atom stereocenters. The van der Waals surface area contributed by atoms with Gasteiger partial charge in [-0.05, 0) is 59.2 Å². The lowest BCUT2D eigenvalue weighted by Gasteiger charge is -2.04. The lowest BCUT2D eigenvalue weighted by Crippen LogP contribution is -1.97. The summed E-state index contributed by atoms with van der Waals surface area (Å²) >= 11 is 2.30. The van der Waals surface area contributed by atoms with Gasteiger partial charge in [0.05, 0.1) is 6.61 Å². The van der Waals surface area contributed by atoms with Gasteiger partial charge >= 0.3 is 0 Å². The summed E-state index contributed by atoms with van der Waals surface area (Å²) in [4.78, 5) is 0. The molecule has 1 nitrogen and oxygen atoms in total. The van der Waals surface area contributed by atoms with Gasteiger partial charge in [-0.1, -0.05) is 12.8 Å². The highest BCUT2D eigenvalue weighted by Crippen LogP contribution is 2.32. The SMILES string of the molecule is Ic1ccc(OCCC2CC2)cc1. The molecule has 1 aliphatic carbocycles. The van der Waals surface area contributed by atoms with E-state index in [4.69, 9.17) is 4.74 Å². The van der Waals surface area contributed by atoms with E-state index in [2.05, 4.69) is 34.7 Å². The molecule has 1 aliphatic rings. The Bertz CT molecular complexity index is 264. The van der Waals surface area contributed by atoms with Crippen LogP contribution >= 0.6 is 22.6 Å². The van der Waals surface area contributed by atoms with Crippen molar-refractivity contribution in [3.8, 4) is 5.75 Å². The summed E-state index contributed by atoms with van der Waals surface area (Å²) in [6, 6.07) is 8.23. The summed E-state index contributed by atoms with van der Waals surface area (Å²) in [7, 11) is 0. The van der Waals surface area contributed by atoms with E-state index in [0.717, 1.165) is 18.3 Å². The molecule has 0 heterocycles. The molecule has 1 aromatic carbocycles. The maximum Gasteiger partial charge on any atom is 0.119 e. The smallest absolute Gasteiger partial charge is 0.119 e. The Labute approximate surface area is 92.6 Å². The Kier molecular flexibility index (Phi) is 3.09. The van der Waals surface area contributed by atoms with Crippen molar-refractivity contribution in [3.05, 3.63) is 27.8 Å². The lowest BCUT2D eigenvalue weighted by atomic mass is 10.3. The third-order valence-electron chi connectivity index (χ3n) is 2.31. The van der Waals surface area contributed by atoms with Crippen molar-refractivity contribution in [3.63, 3.8) is 0 Å². The van der Waals surface area contributed by atoms with Crippen molar-refractivity contribution in [2.24, 2.45) is 5.92 Å². The Balaban J connectivity index is 1.76. The summed E-state index contributed by atoms with van der Waals surface area (Å²) < 4.78 is 6.87. The summed E-state index contributed by atoms with van der Waals surface area (Å²) in [5, 5.41) is 0. The maximum atomic E-state index is 5.61. The van der Waals surface area contributed by atoms with E-state index in [1.54, 1.807) is 0 Å². The highest BCUT2D eigenvalue weighted by atomic mass is 127. The number of halogens is 1. The monoisotopic (exact) mass is 288 g/mol. The zero-order valence-electron chi connectivity index (χ0n) is 7.50. The van der Waals surface area contributed by atoms with Crippen LogP contribution in [0.5, 0.6) is 5.75 Å². The van der Waals surface area contributed by atoms with Gasteiger partial charge in [0.15, 0.2) is 0 Å². The highest BCUT2D eigenvalue weighted by molar-refractivity contribution is 14.1. The van der Waals surface area contributed by atoms with Crippen LogP contribution in [0.2, 0.25) is 0 Å². The van der Waals surface area contributed by atoms with Crippen LogP contribution < -0.4 is 4.74 Å². The fraction of sp³-hybridized carbons (Fsp3) is 0.455. The Morgan fingerprint density at radius 3 is 2.54 bits per heavy atom. The molecule has 0 radical (unpaired) electrons. The van der Waals surface area contributed by atoms with Crippen LogP contribution in [0.25, 0.3) is 0 Å². The molecule has 0 aliphatic heterocycles. The van der Waals surface area contributed by atoms with E-state index in [1.165, 1.54) is 22.8 Å². The topological polar surface area (TPSA) is 9.23 Å². The quantitative estimate of drug-likeness (QED) is 0.771. The normalized spacial score (nSPS) is 15.8. The molecule has 0 saturated heterocycles. The van der Waals surface area contributed by atoms with Crippen LogP contribution in [0, 0.1) is 9.49 Å². The second kappa shape index (κ2) is 4.31. The third-order valence-corrected chi connectivity index (χ3v) is 3.02. The molecule has 70 valence electrons. The first-order chi connectivity index (χ1) is 6.34. The summed E-state index contributed by atoms with van der Waals surface area (Å²) in [5.74, 6) is 1.96. The minimum absolute atomic E-state index is 0.880. The van der Waals surface area contributed by atoms with E-state index in [1.807, 2.05) is 12.1 Å². The number of ether oxygens (including phenoxy) is 1. The van der Waals surface area contributed by atoms with Crippen LogP contribution in [0.4, 0.5) is 0 Å². The van der Waals surface area contributed by atoms with Gasteiger partial charge in [-0.25, -0.2) is 0 Å². The van der Waals surface area contributed by atoms with Gasteiger partial charge in [-0.2, -0.15) is 0 Å². The minimum atomic E-state index is 0.880. The zero-order valence-corrected chi connectivity index (χ0v) is 9.66. The average molecular weight is 288 g/mol. The molecule has 0 spiro atoms. The van der Waals surface area contributed by atoms with Gasteiger partial charge < -0.3 is 4.74 Å². The highest BCUT2D eigenvalue weighted by Gasteiger charge is 2.20. The summed E-state index contributed by atoms with van der Waals surface area (Å²) in [6.45, 7) is 0.880. The van der Waals surface area contributed by atoms with Gasteiger partial charge in [-0.15, -0.1) is 0 Å². The molecule has 0 N–H and O–H groups in total. The molecule has 13 heavy (non-hydrogen) atoms. The van der Waals surface area contributed by atoms with Crippen LogP contribution in [0.15, 0.2) is 24.3 Å². The van der Waals surface area contributed by atoms with E-state index < -0.39 is 0 Å². The van der Waals surface area contributed by atoms with Gasteiger partial charge in [0, 0.05) is 3.57 Å². The third kappa shape index (κ3) is 3.18. The van der Waals surface area contributed by atoms with Gasteiger partial charge in [0.25, 0.3) is 0 Å². The predicted octanol–water partition coefficient (Wildman–Crippen LogP) is 3.47. The number of benzene rings is 1. The van der Waals surface area contributed by atoms with Gasteiger partial charge in [0.2, 0.25) is 0 Å². The van der Waals surface area contributed by atoms with E-state index >= 15 is 0 Å². The Morgan fingerprint density at radius 2 is 1.92 bits per heavy atom. The van der Waals surface area contributed by atoms with Crippen molar-refractivity contribution in [2.75, 3.05) is 6.61 Å². The molecule has 1 saturated carbocycles. The predicted molar refractivity (Wildman–Crippen MR) is 62.0 cm³/mol. The Morgan fingerprint density at radius 1 is 1.23 bits per heavy atom. The van der Waals surface area contributed by atoms with Crippen LogP contribution in [0.1, 0.15) is 19.3 Å². The Hall–Kier alpha value is -0.250. The van der Waals surface area contributed by atoms with E-state index in [-0.39, 0.29) is 0 Å². The second-order valence-electron chi connectivity index (χ2n) is 3.53. The van der Waals surface area contributed by atoms with E-state index in [9.17, 15) is 0 Å². The maximum absolute atomic E-state index is 5.61. The standard InChI is InChI=1S/C11H13IO/c12-10-3-5-11(6-4-10)13-8-7-9-1-2-9/h3-6,9H,1-2,7-8H2. The molecular formula is C11H13IO. The molecule has 0 atom stereocenters. The first kappa shape index (κ1) is 9.31. The van der Waals surface area contributed by atoms with Crippen molar-refractivity contribution < 1.29 is 4.74 Å². The second-order valence-corrected chi connectivity index (χ2v) is 4.78. The van der Waals surface area contributed by atoms with Crippen LogP contribution in [0.3, 0.4) is 0 Å². The van der Waals surface area contributed by atoms with Crippen molar-refractivity contribution in [1.82, 2.24) is 0 Å². The molecule has 2 heteroatoms. The number of hydrogen-bond acceptors (Lipinski definition) is 1. The molecule has 1 aromatic rings. The molecule has 0 amide bonds. The fourth-order valence-electron chi connectivity index (χ4n) is 1.28. The first-order valence-corrected chi connectivity index (χ1v) is 5.81. The van der Waals surface area contributed by atoms with Crippen molar-refractivity contribution in [2.45, 2.75) is 19.3 Å². The minimum Gasteiger partial charge on any atom is -0.494 e. The fourth-order valence-corrected chi connectivity index (χ4v) is 1.64. The van der Waals surface area contributed by atoms with Crippen LogP contribution in [-0.2, 0) is 0 Å². The molecule has 1 fully saturated rings. The van der Waals surface area contributed by atoms with Gasteiger partial charge in [-0.3, -0.25) is 0 Å². The lowest BCUT2D eigenvalue weighted by molar-refractivity contribution is 0.302. The van der Waals surface area contributed by atoms with Crippen LogP contribution in [-0.4, -0.2) is 6.61 Å². The van der Waals surface area contributed by atoms with E-state index in [0.29, 0.717) is 0 Å². The largest absolute Gasteiger partial charge is 0.494 e. The summed E-state index contributed by atoms with van der Waals surface area (Å²) in [6.07, 6.45) is 4.05. The molecule has 0 bridgehead atoms. The number of hydrogen-bond donors (Lipinski definition) is 0. The first-order valence-electron chi connectivity index (χ1n) is 4.73. The zero-order chi connectivity index (χ0) is 9.10. The van der Waals surface area contributed by atoms with Crippen molar-refractivity contribution >= 4 is 22.6 Å². The average Bonchev–Trinajstić information content (AvgIpc) is 2.92. The van der Waals surface area contributed by atoms with Gasteiger partial charge in [0.1, 0.15) is 5.75 Å². The molecule has 2 rings (SSSR count). The number of rotatable bonds is 4.